The molecule has 1 aliphatic rings. The Hall–Kier alpha value is -1.17. The quantitative estimate of drug-likeness (QED) is 0.852. The van der Waals surface area contributed by atoms with Crippen molar-refractivity contribution in [2.75, 3.05) is 13.1 Å². The highest BCUT2D eigenvalue weighted by atomic mass is 32.2. The molecule has 1 aromatic carbocycles. The third-order valence-corrected chi connectivity index (χ3v) is 7.44. The first kappa shape index (κ1) is 15.7. The smallest absolute Gasteiger partial charge is 0.207 e. The first-order chi connectivity index (χ1) is 10.5. The van der Waals surface area contributed by atoms with E-state index in [1.54, 1.807) is 21.7 Å². The molecule has 0 spiro atoms. The topological polar surface area (TPSA) is 37.4 Å². The summed E-state index contributed by atoms with van der Waals surface area (Å²) in [5.41, 5.74) is 1.92. The lowest BCUT2D eigenvalue weighted by atomic mass is 9.97. The number of nitrogens with zero attached hydrogens (tertiary/aromatic N) is 1. The Kier molecular flexibility index (Phi) is 4.39. The maximum absolute atomic E-state index is 12.8. The van der Waals surface area contributed by atoms with Gasteiger partial charge in [0.25, 0.3) is 0 Å². The van der Waals surface area contributed by atoms with Crippen LogP contribution < -0.4 is 0 Å². The van der Waals surface area contributed by atoms with Crippen LogP contribution in [0.25, 0.3) is 0 Å². The molecule has 1 aromatic heterocycles. The van der Waals surface area contributed by atoms with E-state index in [2.05, 4.69) is 17.5 Å². The van der Waals surface area contributed by atoms with Crippen molar-refractivity contribution in [3.63, 3.8) is 0 Å². The lowest BCUT2D eigenvalue weighted by Gasteiger charge is -2.31. The predicted octanol–water partition coefficient (Wildman–Crippen LogP) is 3.93. The van der Waals surface area contributed by atoms with Crippen LogP contribution in [0.4, 0.5) is 0 Å². The third-order valence-electron chi connectivity index (χ3n) is 4.35. The molecule has 0 saturated carbocycles. The van der Waals surface area contributed by atoms with Crippen LogP contribution in [0.15, 0.2) is 40.6 Å². The van der Waals surface area contributed by atoms with E-state index in [-0.39, 0.29) is 0 Å². The average Bonchev–Trinajstić information content (AvgIpc) is 3.01. The van der Waals surface area contributed by atoms with Crippen LogP contribution >= 0.6 is 11.3 Å². The van der Waals surface area contributed by atoms with E-state index < -0.39 is 10.0 Å². The number of benzene rings is 1. The summed E-state index contributed by atoms with van der Waals surface area (Å²) in [4.78, 5) is 1.83. The van der Waals surface area contributed by atoms with E-state index >= 15 is 0 Å². The second kappa shape index (κ2) is 6.14. The Morgan fingerprint density at radius 3 is 2.45 bits per heavy atom. The Labute approximate surface area is 136 Å². The molecule has 1 saturated heterocycles. The fraction of sp³-hybridized carbons (Fsp3) is 0.412. The first-order valence-electron chi connectivity index (χ1n) is 7.59. The molecule has 0 radical (unpaired) electrons. The molecule has 0 bridgehead atoms. The van der Waals surface area contributed by atoms with Crippen LogP contribution in [0.5, 0.6) is 0 Å². The summed E-state index contributed by atoms with van der Waals surface area (Å²) in [6.07, 6.45) is 1.81. The molecule has 0 amide bonds. The van der Waals surface area contributed by atoms with Gasteiger partial charge in [0.15, 0.2) is 0 Å². The predicted molar refractivity (Wildman–Crippen MR) is 91.0 cm³/mol. The largest absolute Gasteiger partial charge is 0.243 e. The summed E-state index contributed by atoms with van der Waals surface area (Å²) < 4.78 is 27.3. The molecular formula is C17H21NO2S2. The van der Waals surface area contributed by atoms with Gasteiger partial charge in [0.2, 0.25) is 10.0 Å². The van der Waals surface area contributed by atoms with Crippen LogP contribution in [0.3, 0.4) is 0 Å². The lowest BCUT2D eigenvalue weighted by molar-refractivity contribution is 0.321. The van der Waals surface area contributed by atoms with E-state index in [1.807, 2.05) is 26.0 Å². The van der Waals surface area contributed by atoms with Gasteiger partial charge in [-0.1, -0.05) is 23.8 Å². The normalized spacial score (nSPS) is 17.7. The molecule has 5 heteroatoms. The molecule has 2 heterocycles. The van der Waals surface area contributed by atoms with Crippen molar-refractivity contribution < 1.29 is 8.42 Å². The zero-order chi connectivity index (χ0) is 15.7. The minimum absolute atomic E-state index is 0.452. The van der Waals surface area contributed by atoms with Crippen molar-refractivity contribution in [3.8, 4) is 0 Å². The van der Waals surface area contributed by atoms with Crippen LogP contribution in [0.1, 0.15) is 34.8 Å². The zero-order valence-corrected chi connectivity index (χ0v) is 14.6. The first-order valence-corrected chi connectivity index (χ1v) is 9.91. The molecule has 0 aliphatic carbocycles. The molecule has 118 valence electrons. The average molecular weight is 335 g/mol. The summed E-state index contributed by atoms with van der Waals surface area (Å²) in [6.45, 7) is 5.07. The van der Waals surface area contributed by atoms with Gasteiger partial charge >= 0.3 is 0 Å². The van der Waals surface area contributed by atoms with Crippen LogP contribution in [-0.4, -0.2) is 25.8 Å². The minimum atomic E-state index is -3.36. The number of aryl methyl sites for hydroxylation is 2. The van der Waals surface area contributed by atoms with Crippen molar-refractivity contribution in [1.82, 2.24) is 4.31 Å². The summed E-state index contributed by atoms with van der Waals surface area (Å²) in [7, 11) is -3.36. The second-order valence-corrected chi connectivity index (χ2v) is 8.85. The van der Waals surface area contributed by atoms with E-state index in [1.165, 1.54) is 4.88 Å². The van der Waals surface area contributed by atoms with Gasteiger partial charge in [-0.25, -0.2) is 8.42 Å². The van der Waals surface area contributed by atoms with Crippen molar-refractivity contribution in [1.29, 1.82) is 0 Å². The number of rotatable bonds is 3. The van der Waals surface area contributed by atoms with Gasteiger partial charge in [0.1, 0.15) is 0 Å². The monoisotopic (exact) mass is 335 g/mol. The maximum atomic E-state index is 12.8. The van der Waals surface area contributed by atoms with Gasteiger partial charge < -0.3 is 0 Å². The summed E-state index contributed by atoms with van der Waals surface area (Å²) in [5, 5.41) is 2.09. The Bertz CT molecular complexity index is 743. The molecule has 3 nitrogen and oxygen atoms in total. The number of sulfonamides is 1. The molecule has 1 aliphatic heterocycles. The van der Waals surface area contributed by atoms with Crippen LogP contribution in [0.2, 0.25) is 0 Å². The highest BCUT2D eigenvalue weighted by Gasteiger charge is 2.31. The fourth-order valence-electron chi connectivity index (χ4n) is 3.13. The third kappa shape index (κ3) is 2.98. The minimum Gasteiger partial charge on any atom is -0.207 e. The Morgan fingerprint density at radius 2 is 1.86 bits per heavy atom. The zero-order valence-electron chi connectivity index (χ0n) is 13.0. The summed E-state index contributed by atoms with van der Waals surface area (Å²) in [5.74, 6) is 0.505. The van der Waals surface area contributed by atoms with E-state index in [0.29, 0.717) is 23.9 Å². The Morgan fingerprint density at radius 1 is 1.14 bits per heavy atom. The highest BCUT2D eigenvalue weighted by molar-refractivity contribution is 7.89. The Balaban J connectivity index is 1.77. The van der Waals surface area contributed by atoms with Crippen LogP contribution in [0, 0.1) is 13.8 Å². The molecule has 0 atom stereocenters. The van der Waals surface area contributed by atoms with Crippen molar-refractivity contribution in [2.45, 2.75) is 37.5 Å². The van der Waals surface area contributed by atoms with E-state index in [9.17, 15) is 8.42 Å². The number of hydrogen-bond acceptors (Lipinski definition) is 3. The van der Waals surface area contributed by atoms with Crippen LogP contribution in [-0.2, 0) is 10.0 Å². The van der Waals surface area contributed by atoms with Gasteiger partial charge in [-0.15, -0.1) is 11.3 Å². The highest BCUT2D eigenvalue weighted by Crippen LogP contribution is 2.33. The van der Waals surface area contributed by atoms with Gasteiger partial charge in [-0.2, -0.15) is 4.31 Å². The number of thiophene rings is 1. The molecule has 0 N–H and O–H groups in total. The molecule has 0 unspecified atom stereocenters. The van der Waals surface area contributed by atoms with Crippen molar-refractivity contribution in [3.05, 3.63) is 51.7 Å². The SMILES string of the molecule is Cc1ccc(S(=O)(=O)N2CCC(c3cccs3)CC2)c(C)c1. The fourth-order valence-corrected chi connectivity index (χ4v) is 5.71. The molecule has 1 fully saturated rings. The van der Waals surface area contributed by atoms with E-state index in [4.69, 9.17) is 0 Å². The lowest BCUT2D eigenvalue weighted by Crippen LogP contribution is -2.38. The van der Waals surface area contributed by atoms with Gasteiger partial charge in [-0.05, 0) is 55.7 Å². The van der Waals surface area contributed by atoms with Gasteiger partial charge in [-0.3, -0.25) is 0 Å². The maximum Gasteiger partial charge on any atom is 0.243 e. The summed E-state index contributed by atoms with van der Waals surface area (Å²) >= 11 is 1.77. The second-order valence-electron chi connectivity index (χ2n) is 5.96. The number of hydrogen-bond donors (Lipinski definition) is 0. The van der Waals surface area contributed by atoms with E-state index in [0.717, 1.165) is 24.0 Å². The standard InChI is InChI=1S/C17H21NO2S2/c1-13-5-6-17(14(2)12-13)22(19,20)18-9-7-15(8-10-18)16-4-3-11-21-16/h3-6,11-12,15H,7-10H2,1-2H3. The molecular weight excluding hydrogens is 314 g/mol. The number of piperidine rings is 1. The van der Waals surface area contributed by atoms with Crippen molar-refractivity contribution in [2.24, 2.45) is 0 Å². The summed E-state index contributed by atoms with van der Waals surface area (Å²) in [6, 6.07) is 9.78. The van der Waals surface area contributed by atoms with Gasteiger partial charge in [0, 0.05) is 18.0 Å². The molecule has 2 aromatic rings. The molecule has 22 heavy (non-hydrogen) atoms. The van der Waals surface area contributed by atoms with Crippen molar-refractivity contribution >= 4 is 21.4 Å². The van der Waals surface area contributed by atoms with Gasteiger partial charge in [0.05, 0.1) is 4.90 Å². The molecule has 3 rings (SSSR count).